The Morgan fingerprint density at radius 2 is 1.65 bits per heavy atom. The van der Waals surface area contributed by atoms with Crippen molar-refractivity contribution in [3.8, 4) is 0 Å². The van der Waals surface area contributed by atoms with Crippen molar-refractivity contribution in [3.63, 3.8) is 0 Å². The normalized spacial score (nSPS) is 32.2. The van der Waals surface area contributed by atoms with Crippen molar-refractivity contribution in [1.29, 1.82) is 0 Å². The van der Waals surface area contributed by atoms with Gasteiger partial charge in [-0.2, -0.15) is 0 Å². The van der Waals surface area contributed by atoms with Gasteiger partial charge in [-0.15, -0.1) is 0 Å². The third-order valence-electron chi connectivity index (χ3n) is 10.1. The van der Waals surface area contributed by atoms with Gasteiger partial charge in [-0.3, -0.25) is 14.6 Å². The molecule has 7 heteroatoms. The minimum absolute atomic E-state index is 0.0823. The highest BCUT2D eigenvalue weighted by atomic mass is 19.1. The average molecular weight is 505 g/mol. The zero-order chi connectivity index (χ0) is 25.6. The number of halogens is 1. The molecule has 5 saturated carbocycles. The van der Waals surface area contributed by atoms with Crippen LogP contribution in [0.1, 0.15) is 63.4 Å². The van der Waals surface area contributed by atoms with Crippen molar-refractivity contribution >= 4 is 17.5 Å². The predicted octanol–water partition coefficient (Wildman–Crippen LogP) is 4.56. The van der Waals surface area contributed by atoms with Crippen molar-refractivity contribution in [3.05, 3.63) is 60.2 Å². The number of hydrogen-bond donors (Lipinski definition) is 3. The number of nitrogens with two attached hydrogens (primary N) is 1. The summed E-state index contributed by atoms with van der Waals surface area (Å²) in [5.74, 6) is 1.03. The smallest absolute Gasteiger partial charge is 0.237 e. The number of aromatic nitrogens is 1. The Hall–Kier alpha value is -2.80. The first kappa shape index (κ1) is 24.5. The molecule has 6 nitrogen and oxygen atoms in total. The fourth-order valence-electron chi connectivity index (χ4n) is 8.60. The summed E-state index contributed by atoms with van der Waals surface area (Å²) in [5, 5.41) is 6.34. The summed E-state index contributed by atoms with van der Waals surface area (Å²) in [6.45, 7) is 0.536. The number of carbonyl (C=O) groups excluding carboxylic acids is 2. The molecule has 1 aromatic heterocycles. The number of hydrogen-bond acceptors (Lipinski definition) is 4. The van der Waals surface area contributed by atoms with Crippen LogP contribution >= 0.6 is 0 Å². The molecule has 2 unspecified atom stereocenters. The lowest BCUT2D eigenvalue weighted by molar-refractivity contribution is -0.151. The van der Waals surface area contributed by atoms with Gasteiger partial charge in [-0.05, 0) is 98.4 Å². The molecule has 2 aromatic rings. The highest BCUT2D eigenvalue weighted by Gasteiger charge is 2.60. The van der Waals surface area contributed by atoms with Crippen LogP contribution in [0.25, 0.3) is 0 Å². The summed E-state index contributed by atoms with van der Waals surface area (Å²) < 4.78 is 13.5. The molecule has 196 valence electrons. The summed E-state index contributed by atoms with van der Waals surface area (Å²) in [6.07, 6.45) is 12.2. The Kier molecular flexibility index (Phi) is 6.30. The number of carbonyl (C=O) groups is 2. The van der Waals surface area contributed by atoms with Crippen LogP contribution in [0.15, 0.2) is 48.8 Å². The van der Waals surface area contributed by atoms with E-state index in [1.165, 1.54) is 12.1 Å². The van der Waals surface area contributed by atoms with Crippen molar-refractivity contribution in [2.45, 2.75) is 69.2 Å². The third-order valence-corrected chi connectivity index (χ3v) is 10.1. The maximum atomic E-state index is 13.5. The lowest BCUT2D eigenvalue weighted by atomic mass is 9.45. The van der Waals surface area contributed by atoms with Crippen LogP contribution in [0.5, 0.6) is 0 Å². The van der Waals surface area contributed by atoms with Crippen LogP contribution < -0.4 is 16.4 Å². The first-order chi connectivity index (χ1) is 17.9. The van der Waals surface area contributed by atoms with E-state index in [4.69, 9.17) is 5.73 Å². The number of anilines is 1. The number of benzene rings is 1. The van der Waals surface area contributed by atoms with Crippen LogP contribution in [0.4, 0.5) is 10.1 Å². The average Bonchev–Trinajstić information content (AvgIpc) is 3.38. The number of nitrogens with zero attached hydrogens (tertiary/aromatic N) is 1. The maximum Gasteiger partial charge on any atom is 0.237 e. The van der Waals surface area contributed by atoms with Crippen LogP contribution in [0.3, 0.4) is 0 Å². The fraction of sp³-hybridized carbons (Fsp3) is 0.567. The molecule has 4 bridgehead atoms. The van der Waals surface area contributed by atoms with Crippen molar-refractivity contribution < 1.29 is 14.0 Å². The zero-order valence-electron chi connectivity index (χ0n) is 21.3. The van der Waals surface area contributed by atoms with E-state index in [2.05, 4.69) is 15.6 Å². The minimum Gasteiger partial charge on any atom is -0.354 e. The van der Waals surface area contributed by atoms with Gasteiger partial charge in [-0.1, -0.05) is 25.0 Å². The van der Waals surface area contributed by atoms with Crippen molar-refractivity contribution in [2.24, 2.45) is 34.8 Å². The van der Waals surface area contributed by atoms with E-state index in [0.717, 1.165) is 69.0 Å². The van der Waals surface area contributed by atoms with E-state index in [0.29, 0.717) is 24.3 Å². The Morgan fingerprint density at radius 3 is 2.30 bits per heavy atom. The fourth-order valence-corrected chi connectivity index (χ4v) is 8.60. The SMILES string of the molecule is N[C@H](C(=O)NCC1(c2ccc(F)cc2)CCCC1)C1C2CC3CC1CC(C(=O)Nc1ccncc1)(C3)C2. The quantitative estimate of drug-likeness (QED) is 0.515. The van der Waals surface area contributed by atoms with Crippen LogP contribution in [-0.2, 0) is 15.0 Å². The molecule has 5 fully saturated rings. The maximum absolute atomic E-state index is 13.5. The summed E-state index contributed by atoms with van der Waals surface area (Å²) >= 11 is 0. The van der Waals surface area contributed by atoms with E-state index in [1.807, 2.05) is 24.3 Å². The van der Waals surface area contributed by atoms with Crippen molar-refractivity contribution in [2.75, 3.05) is 11.9 Å². The molecule has 2 amide bonds. The van der Waals surface area contributed by atoms with E-state index < -0.39 is 6.04 Å². The highest BCUT2D eigenvalue weighted by molar-refractivity contribution is 5.95. The number of pyridine rings is 1. The second-order valence-electron chi connectivity index (χ2n) is 12.3. The van der Waals surface area contributed by atoms with Crippen LogP contribution in [-0.4, -0.2) is 29.4 Å². The van der Waals surface area contributed by atoms with E-state index >= 15 is 0 Å². The molecular weight excluding hydrogens is 467 g/mol. The molecule has 1 aromatic carbocycles. The van der Waals surface area contributed by atoms with Crippen LogP contribution in [0.2, 0.25) is 0 Å². The van der Waals surface area contributed by atoms with Gasteiger partial charge in [-0.25, -0.2) is 4.39 Å². The lowest BCUT2D eigenvalue weighted by Crippen LogP contribution is -2.61. The Labute approximate surface area is 218 Å². The number of nitrogens with one attached hydrogen (secondary N) is 2. The van der Waals surface area contributed by atoms with E-state index in [1.54, 1.807) is 12.4 Å². The molecule has 5 aliphatic carbocycles. The largest absolute Gasteiger partial charge is 0.354 e. The molecule has 7 rings (SSSR count). The molecule has 0 aliphatic heterocycles. The molecule has 1 heterocycles. The van der Waals surface area contributed by atoms with Gasteiger partial charge in [0.25, 0.3) is 0 Å². The van der Waals surface area contributed by atoms with Gasteiger partial charge in [0.1, 0.15) is 5.82 Å². The standard InChI is InChI=1S/C30H37FN4O2/c31-23-5-3-22(4-6-23)29(9-1-2-10-29)18-34-27(36)26(32)25-20-13-19-14-21(25)17-30(15-19,16-20)28(37)35-24-7-11-33-12-8-24/h3-8,11-12,19-21,25-26H,1-2,9-10,13-18,32H2,(H,34,36)(H,33,35,37)/t19?,20?,21?,25?,26-,30?/m0/s1. The molecule has 0 radical (unpaired) electrons. The molecule has 0 saturated heterocycles. The Morgan fingerprint density at radius 1 is 1.00 bits per heavy atom. The second-order valence-corrected chi connectivity index (χ2v) is 12.3. The van der Waals surface area contributed by atoms with Gasteiger partial charge in [0.15, 0.2) is 0 Å². The first-order valence-electron chi connectivity index (χ1n) is 13.9. The predicted molar refractivity (Wildman–Crippen MR) is 140 cm³/mol. The second kappa shape index (κ2) is 9.50. The highest BCUT2D eigenvalue weighted by Crippen LogP contribution is 2.63. The Bertz CT molecular complexity index is 1130. The zero-order valence-corrected chi connectivity index (χ0v) is 21.3. The summed E-state index contributed by atoms with van der Waals surface area (Å²) in [4.78, 5) is 30.9. The van der Waals surface area contributed by atoms with Gasteiger partial charge in [0.2, 0.25) is 11.8 Å². The number of rotatable bonds is 7. The first-order valence-corrected chi connectivity index (χ1v) is 13.9. The molecule has 0 spiro atoms. The van der Waals surface area contributed by atoms with E-state index in [-0.39, 0.29) is 34.4 Å². The minimum atomic E-state index is -0.568. The topological polar surface area (TPSA) is 97.1 Å². The molecule has 3 atom stereocenters. The van der Waals surface area contributed by atoms with E-state index in [9.17, 15) is 14.0 Å². The molecular formula is C30H37FN4O2. The summed E-state index contributed by atoms with van der Waals surface area (Å²) in [7, 11) is 0. The molecule has 5 aliphatic rings. The van der Waals surface area contributed by atoms with Gasteiger partial charge >= 0.3 is 0 Å². The van der Waals surface area contributed by atoms with Crippen molar-refractivity contribution in [1.82, 2.24) is 10.3 Å². The number of amides is 2. The monoisotopic (exact) mass is 504 g/mol. The van der Waals surface area contributed by atoms with Gasteiger partial charge in [0.05, 0.1) is 11.5 Å². The third kappa shape index (κ3) is 4.45. The molecule has 4 N–H and O–H groups in total. The Balaban J connectivity index is 1.13. The summed E-state index contributed by atoms with van der Waals surface area (Å²) in [6, 6.07) is 9.83. The summed E-state index contributed by atoms with van der Waals surface area (Å²) in [5.41, 5.74) is 8.07. The molecule has 37 heavy (non-hydrogen) atoms. The van der Waals surface area contributed by atoms with Gasteiger partial charge < -0.3 is 16.4 Å². The van der Waals surface area contributed by atoms with Crippen LogP contribution in [0, 0.1) is 34.9 Å². The lowest BCUT2D eigenvalue weighted by Gasteiger charge is -2.60. The van der Waals surface area contributed by atoms with Gasteiger partial charge in [0, 0.05) is 30.0 Å².